The van der Waals surface area contributed by atoms with Crippen molar-refractivity contribution in [2.24, 2.45) is 30.0 Å². The highest BCUT2D eigenvalue weighted by Gasteiger charge is 2.25. The molecule has 6 nitrogen and oxygen atoms in total. The van der Waals surface area contributed by atoms with Crippen molar-refractivity contribution in [1.29, 1.82) is 0 Å². The zero-order chi connectivity index (χ0) is 14.4. The fourth-order valence-corrected chi connectivity index (χ4v) is 1.70. The van der Waals surface area contributed by atoms with Gasteiger partial charge in [-0.05, 0) is 46.4 Å². The van der Waals surface area contributed by atoms with E-state index in [0.29, 0.717) is 28.5 Å². The second-order valence-corrected chi connectivity index (χ2v) is 3.40. The molecule has 96 valence electrons. The second-order valence-electron chi connectivity index (χ2n) is 3.40. The maximum absolute atomic E-state index is 3.95. The van der Waals surface area contributed by atoms with Crippen LogP contribution < -0.4 is 0 Å². The standard InChI is InChI=1S/C13H14N6/c1-14-8-7-9(15-2)11(17-4)13(19-6)12(18-5)10(8)16-3/h7-8H,1-6H2. The molecule has 0 saturated carbocycles. The molecule has 0 spiro atoms. The van der Waals surface area contributed by atoms with E-state index in [0.717, 1.165) is 0 Å². The molecular weight excluding hydrogens is 240 g/mol. The first-order chi connectivity index (χ1) is 9.18. The van der Waals surface area contributed by atoms with Crippen LogP contribution in [0.4, 0.5) is 0 Å². The van der Waals surface area contributed by atoms with Crippen LogP contribution in [-0.2, 0) is 0 Å². The molecule has 0 bridgehead atoms. The van der Waals surface area contributed by atoms with Crippen LogP contribution in [0.2, 0.25) is 0 Å². The minimum Gasteiger partial charge on any atom is -0.287 e. The van der Waals surface area contributed by atoms with Gasteiger partial charge in [0.25, 0.3) is 0 Å². The van der Waals surface area contributed by atoms with E-state index in [1.807, 2.05) is 0 Å². The van der Waals surface area contributed by atoms with Gasteiger partial charge in [-0.2, -0.15) is 0 Å². The average Bonchev–Trinajstić information content (AvgIpc) is 2.58. The summed E-state index contributed by atoms with van der Waals surface area (Å²) in [7, 11) is 0. The Morgan fingerprint density at radius 3 is 1.63 bits per heavy atom. The summed E-state index contributed by atoms with van der Waals surface area (Å²) in [6.07, 6.45) is 1.68. The van der Waals surface area contributed by atoms with E-state index < -0.39 is 6.04 Å². The van der Waals surface area contributed by atoms with E-state index in [1.54, 1.807) is 6.08 Å². The van der Waals surface area contributed by atoms with E-state index >= 15 is 0 Å². The Balaban J connectivity index is 3.82. The monoisotopic (exact) mass is 254 g/mol. The quantitative estimate of drug-likeness (QED) is 0.649. The predicted molar refractivity (Wildman–Crippen MR) is 83.2 cm³/mol. The van der Waals surface area contributed by atoms with E-state index in [-0.39, 0.29) is 0 Å². The number of rotatable bonds is 6. The zero-order valence-electron chi connectivity index (χ0n) is 10.6. The fourth-order valence-electron chi connectivity index (χ4n) is 1.70. The molecule has 0 aromatic rings. The summed E-state index contributed by atoms with van der Waals surface area (Å²) in [5, 5.41) is 0. The van der Waals surface area contributed by atoms with E-state index in [4.69, 9.17) is 0 Å². The number of nitrogens with zero attached hydrogens (tertiary/aromatic N) is 6. The van der Waals surface area contributed by atoms with Crippen LogP contribution in [0.1, 0.15) is 0 Å². The Labute approximate surface area is 111 Å². The number of hydrogen-bond acceptors (Lipinski definition) is 6. The van der Waals surface area contributed by atoms with Crippen molar-refractivity contribution in [2.45, 2.75) is 6.04 Å². The van der Waals surface area contributed by atoms with Gasteiger partial charge in [-0.3, -0.25) is 30.0 Å². The lowest BCUT2D eigenvalue weighted by Gasteiger charge is -2.09. The van der Waals surface area contributed by atoms with Crippen molar-refractivity contribution < 1.29 is 0 Å². The molecule has 1 rings (SSSR count). The lowest BCUT2D eigenvalue weighted by molar-refractivity contribution is 0.918. The van der Waals surface area contributed by atoms with Gasteiger partial charge in [0, 0.05) is 0 Å². The summed E-state index contributed by atoms with van der Waals surface area (Å²) in [6, 6.07) is -0.491. The van der Waals surface area contributed by atoms with E-state index in [1.165, 1.54) is 0 Å². The third-order valence-electron chi connectivity index (χ3n) is 2.54. The minimum absolute atomic E-state index is 0.359. The van der Waals surface area contributed by atoms with Crippen molar-refractivity contribution in [2.75, 3.05) is 0 Å². The molecule has 0 aromatic carbocycles. The molecule has 0 heterocycles. The molecule has 0 N–H and O–H groups in total. The van der Waals surface area contributed by atoms with Crippen molar-refractivity contribution >= 4 is 40.3 Å². The van der Waals surface area contributed by atoms with Crippen molar-refractivity contribution in [3.8, 4) is 0 Å². The van der Waals surface area contributed by atoms with Gasteiger partial charge in [-0.25, -0.2) is 0 Å². The van der Waals surface area contributed by atoms with Crippen molar-refractivity contribution in [3.05, 3.63) is 34.6 Å². The van der Waals surface area contributed by atoms with Gasteiger partial charge in [-0.15, -0.1) is 0 Å². The highest BCUT2D eigenvalue weighted by Crippen LogP contribution is 2.33. The molecule has 1 atom stereocenters. The summed E-state index contributed by atoms with van der Waals surface area (Å²) in [6.45, 7) is 21.0. The summed E-state index contributed by atoms with van der Waals surface area (Å²) < 4.78 is 0. The maximum Gasteiger partial charge on any atom is 0.118 e. The molecule has 0 amide bonds. The molecule has 6 heteroatoms. The molecule has 1 aliphatic rings. The lowest BCUT2D eigenvalue weighted by atomic mass is 10.1. The molecule has 0 radical (unpaired) electrons. The van der Waals surface area contributed by atoms with Gasteiger partial charge in [0.15, 0.2) is 0 Å². The normalized spacial score (nSPS) is 19.2. The Bertz CT molecular complexity index is 562. The Hall–Kier alpha value is -2.76. The first kappa shape index (κ1) is 14.3. The third-order valence-corrected chi connectivity index (χ3v) is 2.54. The van der Waals surface area contributed by atoms with Gasteiger partial charge in [0.1, 0.15) is 23.1 Å². The maximum atomic E-state index is 3.95. The Kier molecular flexibility index (Phi) is 4.70. The molecule has 0 saturated heterocycles. The van der Waals surface area contributed by atoms with Crippen LogP contribution in [0, 0.1) is 0 Å². The minimum atomic E-state index is -0.491. The van der Waals surface area contributed by atoms with Crippen LogP contribution >= 0.6 is 0 Å². The molecule has 1 aliphatic carbocycles. The first-order valence-corrected chi connectivity index (χ1v) is 5.18. The predicted octanol–water partition coefficient (Wildman–Crippen LogP) is 1.88. The molecule has 0 aromatic heterocycles. The fraction of sp³-hybridized carbons (Fsp3) is 0.0769. The number of aliphatic imine (C=N–C) groups is 6. The highest BCUT2D eigenvalue weighted by molar-refractivity contribution is 5.59. The van der Waals surface area contributed by atoms with Gasteiger partial charge < -0.3 is 0 Å². The molecule has 1 unspecified atom stereocenters. The molecular formula is C13H14N6. The summed E-state index contributed by atoms with van der Waals surface area (Å²) >= 11 is 0. The summed E-state index contributed by atoms with van der Waals surface area (Å²) in [5.74, 6) is 0. The zero-order valence-corrected chi connectivity index (χ0v) is 10.6. The summed E-state index contributed by atoms with van der Waals surface area (Å²) in [5.41, 5.74) is 2.03. The van der Waals surface area contributed by atoms with E-state index in [9.17, 15) is 0 Å². The lowest BCUT2D eigenvalue weighted by Crippen LogP contribution is -2.05. The van der Waals surface area contributed by atoms with Crippen LogP contribution in [0.5, 0.6) is 0 Å². The van der Waals surface area contributed by atoms with Gasteiger partial charge in [-0.1, -0.05) is 0 Å². The van der Waals surface area contributed by atoms with Crippen LogP contribution in [0.25, 0.3) is 0 Å². The van der Waals surface area contributed by atoms with E-state index in [2.05, 4.69) is 70.3 Å². The average molecular weight is 254 g/mol. The Morgan fingerprint density at radius 2 is 1.26 bits per heavy atom. The van der Waals surface area contributed by atoms with Crippen LogP contribution in [0.15, 0.2) is 64.5 Å². The highest BCUT2D eigenvalue weighted by atomic mass is 15.0. The Morgan fingerprint density at radius 1 is 0.684 bits per heavy atom. The van der Waals surface area contributed by atoms with Gasteiger partial charge in [0.05, 0.1) is 11.4 Å². The first-order valence-electron chi connectivity index (χ1n) is 5.18. The van der Waals surface area contributed by atoms with Crippen LogP contribution in [-0.4, -0.2) is 46.3 Å². The summed E-state index contributed by atoms with van der Waals surface area (Å²) in [4.78, 5) is 23.5. The smallest absolute Gasteiger partial charge is 0.118 e. The SMILES string of the molecule is C=NC1=CC(N=C)C(N=C)=C(N=C)C(N=C)=C1N=C. The molecule has 0 fully saturated rings. The van der Waals surface area contributed by atoms with Crippen molar-refractivity contribution in [3.63, 3.8) is 0 Å². The number of hydrogen-bond donors (Lipinski definition) is 0. The van der Waals surface area contributed by atoms with Crippen molar-refractivity contribution in [1.82, 2.24) is 0 Å². The second kappa shape index (κ2) is 6.25. The van der Waals surface area contributed by atoms with Crippen LogP contribution in [0.3, 0.4) is 0 Å². The molecule has 19 heavy (non-hydrogen) atoms. The topological polar surface area (TPSA) is 74.2 Å². The third kappa shape index (κ3) is 2.42. The largest absolute Gasteiger partial charge is 0.287 e. The molecule has 0 aliphatic heterocycles. The van der Waals surface area contributed by atoms with Gasteiger partial charge in [0.2, 0.25) is 0 Å². The van der Waals surface area contributed by atoms with Gasteiger partial charge >= 0.3 is 0 Å².